The fourth-order valence-corrected chi connectivity index (χ4v) is 3.63. The third kappa shape index (κ3) is 2.82. The van der Waals surface area contributed by atoms with Crippen molar-refractivity contribution in [1.82, 2.24) is 4.90 Å². The van der Waals surface area contributed by atoms with E-state index < -0.39 is 6.09 Å². The van der Waals surface area contributed by atoms with Crippen LogP contribution in [0.15, 0.2) is 48.5 Å². The Hall–Kier alpha value is -2.95. The van der Waals surface area contributed by atoms with Crippen molar-refractivity contribution in [3.05, 3.63) is 59.7 Å². The molecule has 1 aliphatic heterocycles. The number of carbonyl (C=O) groups excluding carboxylic acids is 3. The van der Waals surface area contributed by atoms with Gasteiger partial charge in [0.2, 0.25) is 0 Å². The van der Waals surface area contributed by atoms with Crippen LogP contribution >= 0.6 is 0 Å². The molecular formula is C20H17NO4. The van der Waals surface area contributed by atoms with E-state index in [-0.39, 0.29) is 43.6 Å². The first-order valence-corrected chi connectivity index (χ1v) is 8.27. The summed E-state index contributed by atoms with van der Waals surface area (Å²) in [4.78, 5) is 36.5. The van der Waals surface area contributed by atoms with E-state index in [0.717, 1.165) is 22.3 Å². The van der Waals surface area contributed by atoms with E-state index in [4.69, 9.17) is 4.74 Å². The first kappa shape index (κ1) is 15.6. The monoisotopic (exact) mass is 335 g/mol. The Kier molecular flexibility index (Phi) is 3.84. The summed E-state index contributed by atoms with van der Waals surface area (Å²) < 4.78 is 5.46. The predicted octanol–water partition coefficient (Wildman–Crippen LogP) is 2.78. The molecule has 126 valence electrons. The van der Waals surface area contributed by atoms with Gasteiger partial charge in [0.1, 0.15) is 6.61 Å². The normalized spacial score (nSPS) is 16.6. The van der Waals surface area contributed by atoms with Gasteiger partial charge >= 0.3 is 6.09 Å². The Morgan fingerprint density at radius 2 is 1.44 bits per heavy atom. The van der Waals surface area contributed by atoms with E-state index in [2.05, 4.69) is 12.1 Å². The lowest BCUT2D eigenvalue weighted by Gasteiger charge is -2.25. The molecule has 2 aromatic carbocycles. The number of rotatable bonds is 2. The summed E-state index contributed by atoms with van der Waals surface area (Å²) in [5, 5.41) is 0. The Balaban J connectivity index is 1.52. The summed E-state index contributed by atoms with van der Waals surface area (Å²) in [6.07, 6.45) is -0.698. The van der Waals surface area contributed by atoms with Gasteiger partial charge in [-0.05, 0) is 22.3 Å². The van der Waals surface area contributed by atoms with Crippen LogP contribution in [0.2, 0.25) is 0 Å². The maximum atomic E-state index is 12.3. The number of amides is 1. The highest BCUT2D eigenvalue weighted by atomic mass is 16.6. The van der Waals surface area contributed by atoms with Gasteiger partial charge in [-0.25, -0.2) is 4.79 Å². The van der Waals surface area contributed by atoms with Crippen LogP contribution in [0.5, 0.6) is 0 Å². The third-order valence-electron chi connectivity index (χ3n) is 4.72. The number of hydrogen-bond donors (Lipinski definition) is 0. The van der Waals surface area contributed by atoms with Gasteiger partial charge in [-0.2, -0.15) is 0 Å². The summed E-state index contributed by atoms with van der Waals surface area (Å²) in [5.41, 5.74) is 4.56. The van der Waals surface area contributed by atoms with Crippen LogP contribution in [-0.4, -0.2) is 42.3 Å². The Bertz CT molecular complexity index is 812. The molecule has 0 atom stereocenters. The zero-order valence-corrected chi connectivity index (χ0v) is 13.6. The molecule has 1 saturated heterocycles. The molecule has 0 saturated carbocycles. The van der Waals surface area contributed by atoms with E-state index in [9.17, 15) is 14.4 Å². The van der Waals surface area contributed by atoms with Gasteiger partial charge in [-0.1, -0.05) is 48.5 Å². The molecule has 0 bridgehead atoms. The van der Waals surface area contributed by atoms with Crippen LogP contribution < -0.4 is 0 Å². The van der Waals surface area contributed by atoms with Crippen molar-refractivity contribution >= 4 is 17.7 Å². The molecule has 5 nitrogen and oxygen atoms in total. The van der Waals surface area contributed by atoms with Gasteiger partial charge in [-0.15, -0.1) is 0 Å². The maximum Gasteiger partial charge on any atom is 0.410 e. The first-order valence-electron chi connectivity index (χ1n) is 8.27. The molecule has 0 radical (unpaired) electrons. The number of hydrogen-bond acceptors (Lipinski definition) is 4. The zero-order valence-electron chi connectivity index (χ0n) is 13.6. The van der Waals surface area contributed by atoms with Crippen LogP contribution in [0, 0.1) is 0 Å². The molecule has 25 heavy (non-hydrogen) atoms. The SMILES string of the molecule is O=C1CC(=O)CN(C(=O)OCC2c3ccccc3-c3ccccc32)C1. The molecule has 4 rings (SSSR count). The number of nitrogens with zero attached hydrogens (tertiary/aromatic N) is 1. The highest BCUT2D eigenvalue weighted by molar-refractivity contribution is 6.05. The van der Waals surface area contributed by atoms with Gasteiger partial charge in [0.25, 0.3) is 0 Å². The molecule has 0 aromatic heterocycles. The summed E-state index contributed by atoms with van der Waals surface area (Å²) in [7, 11) is 0. The highest BCUT2D eigenvalue weighted by Gasteiger charge is 2.31. The zero-order chi connectivity index (χ0) is 17.4. The van der Waals surface area contributed by atoms with Gasteiger partial charge in [0.15, 0.2) is 11.6 Å². The largest absolute Gasteiger partial charge is 0.448 e. The van der Waals surface area contributed by atoms with Crippen LogP contribution in [-0.2, 0) is 14.3 Å². The second-order valence-electron chi connectivity index (χ2n) is 6.41. The molecule has 0 unspecified atom stereocenters. The summed E-state index contributed by atoms with van der Waals surface area (Å²) in [5.74, 6) is -0.526. The molecule has 5 heteroatoms. The Labute approximate surface area is 145 Å². The lowest BCUT2D eigenvalue weighted by atomic mass is 9.98. The molecule has 1 fully saturated rings. The molecule has 1 amide bonds. The third-order valence-corrected chi connectivity index (χ3v) is 4.72. The predicted molar refractivity (Wildman–Crippen MR) is 91.3 cm³/mol. The average Bonchev–Trinajstić information content (AvgIpc) is 2.93. The standard InChI is InChI=1S/C20H17NO4/c22-13-9-14(23)11-21(10-13)20(24)25-12-19-17-7-3-1-5-15(17)16-6-2-4-8-18(16)19/h1-8,19H,9-12H2. The van der Waals surface area contributed by atoms with Crippen LogP contribution in [0.25, 0.3) is 11.1 Å². The van der Waals surface area contributed by atoms with Crippen LogP contribution in [0.3, 0.4) is 0 Å². The number of piperidine rings is 1. The van der Waals surface area contributed by atoms with Crippen molar-refractivity contribution in [2.24, 2.45) is 0 Å². The fraction of sp³-hybridized carbons (Fsp3) is 0.250. The molecule has 0 N–H and O–H groups in total. The van der Waals surface area contributed by atoms with Crippen molar-refractivity contribution in [2.75, 3.05) is 19.7 Å². The lowest BCUT2D eigenvalue weighted by Crippen LogP contribution is -2.45. The molecule has 1 heterocycles. The van der Waals surface area contributed by atoms with E-state index in [1.54, 1.807) is 0 Å². The van der Waals surface area contributed by atoms with Gasteiger partial charge in [-0.3, -0.25) is 14.5 Å². The van der Waals surface area contributed by atoms with E-state index in [1.165, 1.54) is 4.90 Å². The number of carbonyl (C=O) groups is 3. The number of likely N-dealkylation sites (tertiary alicyclic amines) is 1. The number of ether oxygens (including phenoxy) is 1. The Morgan fingerprint density at radius 1 is 0.920 bits per heavy atom. The quantitative estimate of drug-likeness (QED) is 0.792. The minimum absolute atomic E-state index is 0.0347. The second kappa shape index (κ2) is 6.16. The summed E-state index contributed by atoms with van der Waals surface area (Å²) in [6, 6.07) is 16.2. The minimum Gasteiger partial charge on any atom is -0.448 e. The van der Waals surface area contributed by atoms with Crippen molar-refractivity contribution in [3.63, 3.8) is 0 Å². The summed E-state index contributed by atoms with van der Waals surface area (Å²) >= 11 is 0. The van der Waals surface area contributed by atoms with Gasteiger partial charge in [0.05, 0.1) is 19.5 Å². The number of benzene rings is 2. The number of ketones is 2. The van der Waals surface area contributed by atoms with Crippen molar-refractivity contribution < 1.29 is 19.1 Å². The maximum absolute atomic E-state index is 12.3. The molecule has 2 aromatic rings. The highest BCUT2D eigenvalue weighted by Crippen LogP contribution is 2.44. The molecule has 2 aliphatic rings. The minimum atomic E-state index is -0.608. The van der Waals surface area contributed by atoms with E-state index in [0.29, 0.717) is 0 Å². The van der Waals surface area contributed by atoms with Gasteiger partial charge in [0, 0.05) is 5.92 Å². The molecule has 1 aliphatic carbocycles. The van der Waals surface area contributed by atoms with Crippen LogP contribution in [0.4, 0.5) is 4.79 Å². The van der Waals surface area contributed by atoms with Crippen molar-refractivity contribution in [1.29, 1.82) is 0 Å². The summed E-state index contributed by atoms with van der Waals surface area (Å²) in [6.45, 7) is 0.0799. The molecule has 0 spiro atoms. The average molecular weight is 335 g/mol. The first-order chi connectivity index (χ1) is 12.1. The molecular weight excluding hydrogens is 318 g/mol. The van der Waals surface area contributed by atoms with Gasteiger partial charge < -0.3 is 4.74 Å². The van der Waals surface area contributed by atoms with E-state index in [1.807, 2.05) is 36.4 Å². The van der Waals surface area contributed by atoms with E-state index >= 15 is 0 Å². The van der Waals surface area contributed by atoms with Crippen molar-refractivity contribution in [2.45, 2.75) is 12.3 Å². The topological polar surface area (TPSA) is 63.7 Å². The van der Waals surface area contributed by atoms with Crippen molar-refractivity contribution in [3.8, 4) is 11.1 Å². The fourth-order valence-electron chi connectivity index (χ4n) is 3.63. The second-order valence-corrected chi connectivity index (χ2v) is 6.41. The number of fused-ring (bicyclic) bond motifs is 3. The van der Waals surface area contributed by atoms with Crippen LogP contribution in [0.1, 0.15) is 23.5 Å². The number of Topliss-reactive ketones (excluding diaryl/α,β-unsaturated/α-hetero) is 2. The Morgan fingerprint density at radius 3 is 2.00 bits per heavy atom. The lowest BCUT2D eigenvalue weighted by molar-refractivity contribution is -0.131. The smallest absolute Gasteiger partial charge is 0.410 e.